The van der Waals surface area contributed by atoms with Gasteiger partial charge in [-0.05, 0) is 49.8 Å². The minimum Gasteiger partial charge on any atom is -0.465 e. The van der Waals surface area contributed by atoms with Crippen molar-refractivity contribution in [1.29, 1.82) is 0 Å². The second-order valence-corrected chi connectivity index (χ2v) is 8.62. The molecule has 1 aromatic carbocycles. The lowest BCUT2D eigenvalue weighted by Gasteiger charge is -2.33. The molecular weight excluding hydrogens is 403 g/mol. The first-order valence-electron chi connectivity index (χ1n) is 10.7. The Labute approximate surface area is 182 Å². The molecule has 0 aliphatic carbocycles. The van der Waals surface area contributed by atoms with Crippen LogP contribution >= 0.6 is 8.38 Å². The predicted octanol–water partition coefficient (Wildman–Crippen LogP) is 3.74. The Bertz CT molecular complexity index is 586. The van der Waals surface area contributed by atoms with Crippen molar-refractivity contribution in [2.45, 2.75) is 82.7 Å². The van der Waals surface area contributed by atoms with Crippen LogP contribution in [0.5, 0.6) is 5.75 Å². The Morgan fingerprint density at radius 1 is 1.07 bits per heavy atom. The zero-order chi connectivity index (χ0) is 22.2. The fourth-order valence-corrected chi connectivity index (χ4v) is 3.96. The van der Waals surface area contributed by atoms with Crippen molar-refractivity contribution in [3.63, 3.8) is 0 Å². The molecule has 1 aromatic rings. The minimum absolute atomic E-state index is 0.210. The summed E-state index contributed by atoms with van der Waals surface area (Å²) in [6, 6.07) is 8.05. The Morgan fingerprint density at radius 2 is 1.73 bits per heavy atom. The normalized spacial score (nSPS) is 20.9. The van der Waals surface area contributed by atoms with Gasteiger partial charge in [0.1, 0.15) is 5.75 Å². The molecule has 6 nitrogen and oxygen atoms in total. The second kappa shape index (κ2) is 16.5. The Kier molecular flexibility index (Phi) is 14.8. The molecule has 2 rings (SSSR count). The molecule has 1 saturated heterocycles. The summed E-state index contributed by atoms with van der Waals surface area (Å²) >= 11 is 0. The Morgan fingerprint density at radius 3 is 2.40 bits per heavy atom. The summed E-state index contributed by atoms with van der Waals surface area (Å²) in [6.45, 7) is 0. The van der Waals surface area contributed by atoms with Crippen LogP contribution in [-0.4, -0.2) is 51.8 Å². The molecule has 1 aliphatic heterocycles. The highest BCUT2D eigenvalue weighted by Gasteiger charge is 2.29. The van der Waals surface area contributed by atoms with E-state index >= 15 is 0 Å². The van der Waals surface area contributed by atoms with Gasteiger partial charge in [0.05, 0.1) is 12.2 Å². The first kappa shape index (κ1) is 26.8. The van der Waals surface area contributed by atoms with Crippen molar-refractivity contribution < 1.29 is 29.5 Å². The van der Waals surface area contributed by atoms with Crippen LogP contribution in [0, 0.1) is 12.3 Å². The molecule has 7 heteroatoms. The lowest BCUT2D eigenvalue weighted by molar-refractivity contribution is -0.175. The van der Waals surface area contributed by atoms with Gasteiger partial charge in [-0.25, -0.2) is 0 Å². The number of ether oxygens (including phenoxy) is 2. The number of hydrogen-bond donors (Lipinski definition) is 4. The van der Waals surface area contributed by atoms with E-state index in [4.69, 9.17) is 30.8 Å². The van der Waals surface area contributed by atoms with E-state index in [9.17, 15) is 5.11 Å². The molecule has 3 atom stereocenters. The molecule has 30 heavy (non-hydrogen) atoms. The van der Waals surface area contributed by atoms with Gasteiger partial charge in [0.2, 0.25) is 6.29 Å². The highest BCUT2D eigenvalue weighted by atomic mass is 31.2. The fourth-order valence-electron chi connectivity index (χ4n) is 3.44. The number of aryl methyl sites for hydroxylation is 1. The van der Waals surface area contributed by atoms with Gasteiger partial charge in [0, 0.05) is 26.1 Å². The van der Waals surface area contributed by atoms with Crippen molar-refractivity contribution in [1.82, 2.24) is 0 Å². The minimum atomic E-state index is -1.93. The SMILES string of the molecule is C#CCCCCCCCc1ccc(O[C@@H]2CC(O)CC(CCP(O)O)O2)cc1.CO. The largest absolute Gasteiger partial charge is 0.465 e. The van der Waals surface area contributed by atoms with Crippen molar-refractivity contribution in [3.05, 3.63) is 29.8 Å². The predicted molar refractivity (Wildman–Crippen MR) is 120 cm³/mol. The molecule has 1 heterocycles. The van der Waals surface area contributed by atoms with E-state index in [0.717, 1.165) is 32.1 Å². The number of hydrogen-bond acceptors (Lipinski definition) is 6. The van der Waals surface area contributed by atoms with E-state index in [0.29, 0.717) is 19.3 Å². The highest BCUT2D eigenvalue weighted by molar-refractivity contribution is 7.45. The summed E-state index contributed by atoms with van der Waals surface area (Å²) < 4.78 is 11.7. The van der Waals surface area contributed by atoms with E-state index in [1.165, 1.54) is 31.2 Å². The van der Waals surface area contributed by atoms with E-state index < -0.39 is 20.8 Å². The van der Waals surface area contributed by atoms with Crippen molar-refractivity contribution >= 4 is 8.38 Å². The molecule has 170 valence electrons. The molecule has 0 saturated carbocycles. The first-order chi connectivity index (χ1) is 14.6. The Balaban J connectivity index is 0.00000218. The molecule has 1 fully saturated rings. The standard InChI is InChI=1S/C22H33O5P.CH4O/c1-2-3-4-5-6-7-8-9-18-10-12-20(13-11-18)26-22-17-19(23)16-21(27-22)14-15-28(24)25;1-2/h1,10-13,19,21-25H,3-9,14-17H2;2H,1H3/t19?,21?,22-;/m0./s1. The summed E-state index contributed by atoms with van der Waals surface area (Å²) in [6.07, 6.45) is 13.7. The third kappa shape index (κ3) is 11.9. The summed E-state index contributed by atoms with van der Waals surface area (Å²) in [5.74, 6) is 3.40. The number of benzene rings is 1. The van der Waals surface area contributed by atoms with Gasteiger partial charge in [-0.1, -0.05) is 31.4 Å². The Hall–Kier alpha value is -1.19. The number of rotatable bonds is 12. The summed E-state index contributed by atoms with van der Waals surface area (Å²) in [4.78, 5) is 18.1. The third-order valence-corrected chi connectivity index (χ3v) is 5.63. The van der Waals surface area contributed by atoms with E-state index in [-0.39, 0.29) is 12.3 Å². The molecular formula is C23H37O6P. The van der Waals surface area contributed by atoms with Gasteiger partial charge in [-0.3, -0.25) is 0 Å². The molecule has 0 radical (unpaired) electrons. The van der Waals surface area contributed by atoms with Crippen LogP contribution in [0.3, 0.4) is 0 Å². The average molecular weight is 441 g/mol. The fraction of sp³-hybridized carbons (Fsp3) is 0.652. The van der Waals surface area contributed by atoms with E-state index in [2.05, 4.69) is 18.1 Å². The molecule has 0 spiro atoms. The van der Waals surface area contributed by atoms with Crippen LogP contribution in [0.25, 0.3) is 0 Å². The molecule has 0 aromatic heterocycles. The molecule has 0 bridgehead atoms. The van der Waals surface area contributed by atoms with Crippen LogP contribution in [0.1, 0.15) is 63.4 Å². The van der Waals surface area contributed by atoms with Crippen molar-refractivity contribution in [3.8, 4) is 18.1 Å². The van der Waals surface area contributed by atoms with Gasteiger partial charge in [-0.15, -0.1) is 12.3 Å². The molecule has 4 N–H and O–H groups in total. The molecule has 1 aliphatic rings. The maximum absolute atomic E-state index is 10.0. The molecule has 0 amide bonds. The van der Waals surface area contributed by atoms with Gasteiger partial charge in [-0.2, -0.15) is 0 Å². The zero-order valence-electron chi connectivity index (χ0n) is 17.9. The van der Waals surface area contributed by atoms with E-state index in [1.54, 1.807) is 0 Å². The van der Waals surface area contributed by atoms with Gasteiger partial charge >= 0.3 is 0 Å². The highest BCUT2D eigenvalue weighted by Crippen LogP contribution is 2.30. The van der Waals surface area contributed by atoms with Gasteiger partial charge in [0.15, 0.2) is 8.38 Å². The number of aliphatic hydroxyl groups excluding tert-OH is 2. The number of terminal acetylenes is 1. The monoisotopic (exact) mass is 440 g/mol. The maximum Gasteiger partial charge on any atom is 0.202 e. The summed E-state index contributed by atoms with van der Waals surface area (Å²) in [5, 5.41) is 17.0. The van der Waals surface area contributed by atoms with Crippen LogP contribution in [0.15, 0.2) is 24.3 Å². The lowest BCUT2D eigenvalue weighted by atomic mass is 10.0. The van der Waals surface area contributed by atoms with Gasteiger partial charge < -0.3 is 29.5 Å². The van der Waals surface area contributed by atoms with Crippen LogP contribution in [0.2, 0.25) is 0 Å². The summed E-state index contributed by atoms with van der Waals surface area (Å²) in [7, 11) is -0.927. The van der Waals surface area contributed by atoms with E-state index in [1.807, 2.05) is 12.1 Å². The third-order valence-electron chi connectivity index (χ3n) is 4.97. The zero-order valence-corrected chi connectivity index (χ0v) is 18.8. The number of aliphatic hydroxyl groups is 2. The van der Waals surface area contributed by atoms with Crippen LogP contribution < -0.4 is 4.74 Å². The lowest BCUT2D eigenvalue weighted by Crippen LogP contribution is -2.39. The first-order valence-corrected chi connectivity index (χ1v) is 12.1. The van der Waals surface area contributed by atoms with Gasteiger partial charge in [0.25, 0.3) is 0 Å². The maximum atomic E-state index is 10.0. The van der Waals surface area contributed by atoms with Crippen molar-refractivity contribution in [2.75, 3.05) is 13.3 Å². The summed E-state index contributed by atoms with van der Waals surface area (Å²) in [5.41, 5.74) is 1.29. The average Bonchev–Trinajstić information content (AvgIpc) is 2.74. The van der Waals surface area contributed by atoms with Crippen LogP contribution in [0.4, 0.5) is 0 Å². The van der Waals surface area contributed by atoms with Crippen molar-refractivity contribution in [2.24, 2.45) is 0 Å². The molecule has 2 unspecified atom stereocenters. The van der Waals surface area contributed by atoms with Crippen LogP contribution in [-0.2, 0) is 11.2 Å². The number of unbranched alkanes of at least 4 members (excludes halogenated alkanes) is 5. The topological polar surface area (TPSA) is 99.4 Å². The quantitative estimate of drug-likeness (QED) is 0.225. The second-order valence-electron chi connectivity index (χ2n) is 7.43. The smallest absolute Gasteiger partial charge is 0.202 e.